The van der Waals surface area contributed by atoms with Gasteiger partial charge in [-0.25, -0.2) is 4.79 Å². The predicted molar refractivity (Wildman–Crippen MR) is 114 cm³/mol. The van der Waals surface area contributed by atoms with Crippen molar-refractivity contribution in [2.24, 2.45) is 5.92 Å². The number of halogens is 3. The van der Waals surface area contributed by atoms with E-state index >= 15 is 0 Å². The van der Waals surface area contributed by atoms with Crippen LogP contribution >= 0.6 is 0 Å². The second-order valence-corrected chi connectivity index (χ2v) is 9.92. The van der Waals surface area contributed by atoms with E-state index < -0.39 is 32.8 Å². The number of pyridine rings is 1. The summed E-state index contributed by atoms with van der Waals surface area (Å²) in [6.07, 6.45) is 2.03. The van der Waals surface area contributed by atoms with Crippen molar-refractivity contribution in [1.82, 2.24) is 4.57 Å². The summed E-state index contributed by atoms with van der Waals surface area (Å²) >= 11 is 0. The fourth-order valence-electron chi connectivity index (χ4n) is 4.38. The van der Waals surface area contributed by atoms with E-state index in [2.05, 4.69) is 4.18 Å². The molecule has 1 aromatic carbocycles. The molecule has 184 valence electrons. The zero-order valence-corrected chi connectivity index (χ0v) is 19.4. The van der Waals surface area contributed by atoms with Gasteiger partial charge in [0.15, 0.2) is 16.9 Å². The Kier molecular flexibility index (Phi) is 5.91. The van der Waals surface area contributed by atoms with Crippen molar-refractivity contribution < 1.29 is 40.0 Å². The zero-order chi connectivity index (χ0) is 25.0. The van der Waals surface area contributed by atoms with E-state index in [1.54, 1.807) is 11.5 Å². The maximum absolute atomic E-state index is 12.9. The average Bonchev–Trinajstić information content (AvgIpc) is 3.21. The lowest BCUT2D eigenvalue weighted by Gasteiger charge is -2.34. The monoisotopic (exact) mass is 501 g/mol. The molecular formula is C22H22F3NO7S. The van der Waals surface area contributed by atoms with Crippen molar-refractivity contribution in [3.8, 4) is 22.8 Å². The summed E-state index contributed by atoms with van der Waals surface area (Å²) in [5.41, 5.74) is -4.28. The predicted octanol–water partition coefficient (Wildman–Crippen LogP) is 3.61. The number of alkyl halides is 3. The van der Waals surface area contributed by atoms with Crippen molar-refractivity contribution in [2.45, 2.75) is 45.2 Å². The number of benzene rings is 1. The molecule has 0 bridgehead atoms. The largest absolute Gasteiger partial charge is 0.534 e. The fraction of sp³-hybridized carbons (Fsp3) is 0.455. The topological polar surface area (TPSA) is 101 Å². The van der Waals surface area contributed by atoms with E-state index in [4.69, 9.17) is 9.47 Å². The van der Waals surface area contributed by atoms with Crippen LogP contribution in [-0.4, -0.2) is 37.7 Å². The SMILES string of the molecule is CCOC(=O)c1cn2c(cc1=O)-c1c(cc(OS(=O)(=O)C(F)(F)F)c3c1CCO3)C[C@H]2C(C)C. The van der Waals surface area contributed by atoms with Crippen LogP contribution in [0.3, 0.4) is 0 Å². The van der Waals surface area contributed by atoms with Crippen molar-refractivity contribution in [3.05, 3.63) is 45.2 Å². The Morgan fingerprint density at radius 1 is 1.29 bits per heavy atom. The van der Waals surface area contributed by atoms with Gasteiger partial charge in [-0.15, -0.1) is 0 Å². The maximum atomic E-state index is 12.9. The highest BCUT2D eigenvalue weighted by Gasteiger charge is 2.49. The second kappa shape index (κ2) is 8.33. The molecule has 1 atom stereocenters. The molecule has 2 aliphatic rings. The molecule has 34 heavy (non-hydrogen) atoms. The summed E-state index contributed by atoms with van der Waals surface area (Å²) in [7, 11) is -5.90. The van der Waals surface area contributed by atoms with Crippen LogP contribution in [0.2, 0.25) is 0 Å². The van der Waals surface area contributed by atoms with Crippen LogP contribution < -0.4 is 14.3 Å². The van der Waals surface area contributed by atoms with Gasteiger partial charge in [-0.05, 0) is 30.9 Å². The molecule has 0 saturated carbocycles. The van der Waals surface area contributed by atoms with E-state index in [-0.39, 0.29) is 42.9 Å². The smallest absolute Gasteiger partial charge is 0.489 e. The van der Waals surface area contributed by atoms with Crippen LogP contribution in [0, 0.1) is 5.92 Å². The van der Waals surface area contributed by atoms with Crippen LogP contribution in [0.15, 0.2) is 23.1 Å². The van der Waals surface area contributed by atoms with Crippen molar-refractivity contribution >= 4 is 16.1 Å². The summed E-state index contributed by atoms with van der Waals surface area (Å²) in [6, 6.07) is 2.25. The lowest BCUT2D eigenvalue weighted by molar-refractivity contribution is -0.0500. The average molecular weight is 501 g/mol. The van der Waals surface area contributed by atoms with Gasteiger partial charge >= 0.3 is 21.6 Å². The standard InChI is InChI=1S/C22H22F3NO7S/c1-4-31-21(28)14-10-26-15(11(2)3)7-12-8-18(33-34(29,30)22(23,24)25)20-13(5-6-32-20)19(12)16(26)9-17(14)27/h8-11,15H,4-7H2,1-3H3/t15-/m0/s1. The lowest BCUT2D eigenvalue weighted by Crippen LogP contribution is -2.30. The molecule has 0 unspecified atom stereocenters. The highest BCUT2D eigenvalue weighted by molar-refractivity contribution is 7.88. The van der Waals surface area contributed by atoms with Crippen LogP contribution in [0.1, 0.15) is 48.3 Å². The Hall–Kier alpha value is -3.02. The molecule has 0 amide bonds. The molecule has 0 fully saturated rings. The minimum Gasteiger partial charge on any atom is -0.489 e. The highest BCUT2D eigenvalue weighted by Crippen LogP contribution is 2.49. The van der Waals surface area contributed by atoms with E-state index in [1.807, 2.05) is 13.8 Å². The number of esters is 1. The molecule has 2 aromatic rings. The van der Waals surface area contributed by atoms with Crippen LogP contribution in [0.5, 0.6) is 11.5 Å². The number of ether oxygens (including phenoxy) is 2. The zero-order valence-electron chi connectivity index (χ0n) is 18.6. The van der Waals surface area contributed by atoms with E-state index in [0.717, 1.165) is 0 Å². The van der Waals surface area contributed by atoms with Gasteiger partial charge in [0.25, 0.3) is 0 Å². The van der Waals surface area contributed by atoms with Crippen LogP contribution in [0.4, 0.5) is 13.2 Å². The number of rotatable bonds is 5. The molecule has 0 radical (unpaired) electrons. The first-order valence-corrected chi connectivity index (χ1v) is 12.0. The Labute approximate surface area is 193 Å². The molecule has 0 spiro atoms. The molecule has 1 aromatic heterocycles. The van der Waals surface area contributed by atoms with Crippen LogP contribution in [0.25, 0.3) is 11.3 Å². The van der Waals surface area contributed by atoms with Crippen LogP contribution in [-0.2, 0) is 27.7 Å². The Balaban J connectivity index is 1.94. The third-order valence-corrected chi connectivity index (χ3v) is 6.86. The van der Waals surface area contributed by atoms with Gasteiger partial charge < -0.3 is 18.2 Å². The van der Waals surface area contributed by atoms with E-state index in [0.29, 0.717) is 28.8 Å². The van der Waals surface area contributed by atoms with Crippen molar-refractivity contribution in [3.63, 3.8) is 0 Å². The van der Waals surface area contributed by atoms with E-state index in [1.165, 1.54) is 18.3 Å². The number of hydrogen-bond acceptors (Lipinski definition) is 7. The molecule has 0 aliphatic carbocycles. The van der Waals surface area contributed by atoms with Crippen molar-refractivity contribution in [2.75, 3.05) is 13.2 Å². The van der Waals surface area contributed by atoms with Gasteiger partial charge in [-0.1, -0.05) is 13.8 Å². The number of carbonyl (C=O) groups is 1. The Morgan fingerprint density at radius 3 is 2.62 bits per heavy atom. The fourth-order valence-corrected chi connectivity index (χ4v) is 4.83. The minimum atomic E-state index is -5.90. The third kappa shape index (κ3) is 3.93. The number of nitrogens with zero attached hydrogens (tertiary/aromatic N) is 1. The normalized spacial score (nSPS) is 17.0. The Bertz CT molecular complexity index is 1330. The lowest BCUT2D eigenvalue weighted by atomic mass is 9.84. The molecular weight excluding hydrogens is 479 g/mol. The first-order valence-electron chi connectivity index (χ1n) is 10.6. The van der Waals surface area contributed by atoms with E-state index in [9.17, 15) is 31.2 Å². The third-order valence-electron chi connectivity index (χ3n) is 5.89. The van der Waals surface area contributed by atoms with Gasteiger partial charge in [-0.3, -0.25) is 4.79 Å². The minimum absolute atomic E-state index is 0.00257. The summed E-state index contributed by atoms with van der Waals surface area (Å²) in [5.74, 6) is -1.39. The van der Waals surface area contributed by atoms with Crippen molar-refractivity contribution in [1.29, 1.82) is 0 Å². The summed E-state index contributed by atoms with van der Waals surface area (Å²) < 4.78 is 78.9. The molecule has 8 nitrogen and oxygen atoms in total. The number of hydrogen-bond donors (Lipinski definition) is 0. The molecule has 0 saturated heterocycles. The van der Waals surface area contributed by atoms with Gasteiger partial charge in [0.2, 0.25) is 0 Å². The number of aromatic nitrogens is 1. The molecule has 2 aliphatic heterocycles. The molecule has 12 heteroatoms. The highest BCUT2D eigenvalue weighted by atomic mass is 32.2. The first kappa shape index (κ1) is 24.1. The number of carbonyl (C=O) groups excluding carboxylic acids is 1. The molecule has 4 rings (SSSR count). The van der Waals surface area contributed by atoms with Gasteiger partial charge in [0, 0.05) is 35.9 Å². The van der Waals surface area contributed by atoms with Gasteiger partial charge in [0.1, 0.15) is 5.56 Å². The first-order chi connectivity index (χ1) is 15.9. The quantitative estimate of drug-likeness (QED) is 0.351. The molecule has 3 heterocycles. The number of fused-ring (bicyclic) bond motifs is 5. The summed E-state index contributed by atoms with van der Waals surface area (Å²) in [5, 5.41) is 0. The van der Waals surface area contributed by atoms with Gasteiger partial charge in [-0.2, -0.15) is 21.6 Å². The second-order valence-electron chi connectivity index (χ2n) is 8.38. The summed E-state index contributed by atoms with van der Waals surface area (Å²) in [6.45, 7) is 5.67. The van der Waals surface area contributed by atoms with Gasteiger partial charge in [0.05, 0.1) is 18.9 Å². The maximum Gasteiger partial charge on any atom is 0.534 e. The molecule has 0 N–H and O–H groups in total. The summed E-state index contributed by atoms with van der Waals surface area (Å²) in [4.78, 5) is 25.1. The Morgan fingerprint density at radius 2 is 2.00 bits per heavy atom.